The van der Waals surface area contributed by atoms with Crippen LogP contribution in [-0.4, -0.2) is 35.6 Å². The van der Waals surface area contributed by atoms with E-state index < -0.39 is 0 Å². The van der Waals surface area contributed by atoms with Crippen LogP contribution in [0.25, 0.3) is 0 Å². The molecule has 2 aromatic carbocycles. The van der Waals surface area contributed by atoms with Gasteiger partial charge in [0.25, 0.3) is 0 Å². The molecule has 0 spiro atoms. The number of allylic oxidation sites excluding steroid dienone is 2. The maximum absolute atomic E-state index is 13.6. The summed E-state index contributed by atoms with van der Waals surface area (Å²) in [7, 11) is 0. The molecule has 4 aliphatic rings. The van der Waals surface area contributed by atoms with Crippen molar-refractivity contribution in [3.63, 3.8) is 0 Å². The molecule has 1 amide bonds. The van der Waals surface area contributed by atoms with Crippen molar-refractivity contribution >= 4 is 5.91 Å². The summed E-state index contributed by atoms with van der Waals surface area (Å²) in [4.78, 5) is 15.8. The molecule has 2 aliphatic heterocycles. The molecule has 32 heavy (non-hydrogen) atoms. The van der Waals surface area contributed by atoms with Gasteiger partial charge in [0.05, 0.1) is 12.0 Å². The zero-order valence-corrected chi connectivity index (χ0v) is 18.1. The molecule has 2 aromatic rings. The predicted octanol–water partition coefficient (Wildman–Crippen LogP) is 4.16. The standard InChI is InChI=1S/C27H29N3O2/c31-27-23-9-5-4-8-22(23)26(30(27)19-12-15-24-25(16-19)29-17-28-24)18-10-13-21(14-11-18)32-20-6-2-1-3-7-20/h1-11,13-14,19,22-26,28-29H,12,15-17H2. The minimum atomic E-state index is -0.0577. The molecule has 2 aliphatic carbocycles. The van der Waals surface area contributed by atoms with Crippen LogP contribution in [0.2, 0.25) is 0 Å². The molecule has 6 rings (SSSR count). The average Bonchev–Trinajstić information content (AvgIpc) is 3.42. The van der Waals surface area contributed by atoms with E-state index in [-0.39, 0.29) is 29.8 Å². The molecular formula is C27H29N3O2. The third-order valence-electron chi connectivity index (χ3n) is 7.53. The molecule has 1 saturated carbocycles. The maximum Gasteiger partial charge on any atom is 0.230 e. The van der Waals surface area contributed by atoms with E-state index in [1.165, 1.54) is 5.56 Å². The Balaban J connectivity index is 1.29. The first-order chi connectivity index (χ1) is 15.8. The lowest BCUT2D eigenvalue weighted by Crippen LogP contribution is -2.49. The van der Waals surface area contributed by atoms with Crippen molar-refractivity contribution < 1.29 is 9.53 Å². The Hall–Kier alpha value is -2.89. The molecule has 2 saturated heterocycles. The fourth-order valence-electron chi connectivity index (χ4n) is 6.01. The quantitative estimate of drug-likeness (QED) is 0.769. The highest BCUT2D eigenvalue weighted by Crippen LogP contribution is 2.47. The second-order valence-electron chi connectivity index (χ2n) is 9.31. The van der Waals surface area contributed by atoms with E-state index >= 15 is 0 Å². The van der Waals surface area contributed by atoms with E-state index in [1.54, 1.807) is 0 Å². The molecule has 3 fully saturated rings. The molecule has 164 valence electrons. The summed E-state index contributed by atoms with van der Waals surface area (Å²) in [6.07, 6.45) is 11.6. The second-order valence-corrected chi connectivity index (χ2v) is 9.31. The summed E-state index contributed by atoms with van der Waals surface area (Å²) >= 11 is 0. The SMILES string of the molecule is O=C1C2C=CC=CC2C(c2ccc(Oc3ccccc3)cc2)N1C1CCC2NCNC2C1. The topological polar surface area (TPSA) is 53.6 Å². The van der Waals surface area contributed by atoms with Crippen LogP contribution in [0.4, 0.5) is 0 Å². The van der Waals surface area contributed by atoms with Crippen molar-refractivity contribution in [3.05, 3.63) is 84.5 Å². The van der Waals surface area contributed by atoms with Gasteiger partial charge in [0.15, 0.2) is 0 Å². The van der Waals surface area contributed by atoms with Crippen molar-refractivity contribution in [2.75, 3.05) is 6.67 Å². The van der Waals surface area contributed by atoms with Crippen molar-refractivity contribution in [2.45, 2.75) is 43.4 Å². The zero-order chi connectivity index (χ0) is 21.5. The summed E-state index contributed by atoms with van der Waals surface area (Å²) < 4.78 is 5.99. The van der Waals surface area contributed by atoms with Gasteiger partial charge in [-0.15, -0.1) is 0 Å². The number of benzene rings is 2. The van der Waals surface area contributed by atoms with Gasteiger partial charge >= 0.3 is 0 Å². The van der Waals surface area contributed by atoms with Gasteiger partial charge in [-0.3, -0.25) is 4.79 Å². The number of carbonyl (C=O) groups is 1. The molecule has 5 heteroatoms. The van der Waals surface area contributed by atoms with Gasteiger partial charge in [-0.2, -0.15) is 0 Å². The Morgan fingerprint density at radius 2 is 1.59 bits per heavy atom. The minimum absolute atomic E-state index is 0.0577. The number of hydrogen-bond acceptors (Lipinski definition) is 4. The maximum atomic E-state index is 13.6. The van der Waals surface area contributed by atoms with Crippen LogP contribution in [0.15, 0.2) is 78.9 Å². The summed E-state index contributed by atoms with van der Waals surface area (Å²) in [5.41, 5.74) is 1.19. The monoisotopic (exact) mass is 427 g/mol. The van der Waals surface area contributed by atoms with Crippen LogP contribution in [-0.2, 0) is 4.79 Å². The van der Waals surface area contributed by atoms with E-state index in [9.17, 15) is 4.79 Å². The van der Waals surface area contributed by atoms with Gasteiger partial charge in [0.2, 0.25) is 5.91 Å². The van der Waals surface area contributed by atoms with Crippen molar-refractivity contribution in [3.8, 4) is 11.5 Å². The Bertz CT molecular complexity index is 1030. The predicted molar refractivity (Wildman–Crippen MR) is 124 cm³/mol. The zero-order valence-electron chi connectivity index (χ0n) is 18.1. The lowest BCUT2D eigenvalue weighted by molar-refractivity contribution is -0.134. The number of para-hydroxylation sites is 1. The third kappa shape index (κ3) is 3.46. The fourth-order valence-corrected chi connectivity index (χ4v) is 6.01. The van der Waals surface area contributed by atoms with Gasteiger partial charge < -0.3 is 20.3 Å². The Morgan fingerprint density at radius 3 is 2.44 bits per heavy atom. The number of fused-ring (bicyclic) bond motifs is 2. The summed E-state index contributed by atoms with van der Waals surface area (Å²) in [5.74, 6) is 2.04. The van der Waals surface area contributed by atoms with E-state index in [1.807, 2.05) is 48.5 Å². The van der Waals surface area contributed by atoms with Gasteiger partial charge in [0.1, 0.15) is 11.5 Å². The van der Waals surface area contributed by atoms with Crippen LogP contribution in [0.1, 0.15) is 30.9 Å². The molecule has 6 unspecified atom stereocenters. The molecule has 6 atom stereocenters. The van der Waals surface area contributed by atoms with Crippen LogP contribution < -0.4 is 15.4 Å². The lowest BCUT2D eigenvalue weighted by Gasteiger charge is -2.40. The largest absolute Gasteiger partial charge is 0.457 e. The first kappa shape index (κ1) is 19.8. The smallest absolute Gasteiger partial charge is 0.230 e. The number of nitrogens with one attached hydrogen (secondary N) is 2. The number of hydrogen-bond donors (Lipinski definition) is 2. The highest BCUT2D eigenvalue weighted by Gasteiger charge is 2.50. The van der Waals surface area contributed by atoms with E-state index in [0.29, 0.717) is 12.1 Å². The van der Waals surface area contributed by atoms with Crippen LogP contribution >= 0.6 is 0 Å². The number of nitrogens with zero attached hydrogens (tertiary/aromatic N) is 1. The number of carbonyl (C=O) groups excluding carboxylic acids is 1. The Morgan fingerprint density at radius 1 is 0.844 bits per heavy atom. The summed E-state index contributed by atoms with van der Waals surface area (Å²) in [6, 6.07) is 19.5. The van der Waals surface area contributed by atoms with E-state index in [0.717, 1.165) is 37.4 Å². The first-order valence-electron chi connectivity index (χ1n) is 11.7. The fraction of sp³-hybridized carbons (Fsp3) is 0.370. The van der Waals surface area contributed by atoms with Gasteiger partial charge in [-0.25, -0.2) is 0 Å². The first-order valence-corrected chi connectivity index (χ1v) is 11.7. The van der Waals surface area contributed by atoms with Crippen molar-refractivity contribution in [1.82, 2.24) is 15.5 Å². The Kier molecular flexibility index (Phi) is 5.08. The number of amides is 1. The highest BCUT2D eigenvalue weighted by atomic mass is 16.5. The number of rotatable bonds is 4. The summed E-state index contributed by atoms with van der Waals surface area (Å²) in [5, 5.41) is 7.13. The molecule has 2 heterocycles. The van der Waals surface area contributed by atoms with Crippen LogP contribution in [0.5, 0.6) is 11.5 Å². The van der Waals surface area contributed by atoms with E-state index in [4.69, 9.17) is 4.74 Å². The minimum Gasteiger partial charge on any atom is -0.457 e. The second kappa shape index (κ2) is 8.23. The van der Waals surface area contributed by atoms with E-state index in [2.05, 4.69) is 45.9 Å². The normalized spacial score (nSPS) is 33.2. The molecule has 5 nitrogen and oxygen atoms in total. The number of ether oxygens (including phenoxy) is 1. The number of likely N-dealkylation sites (tertiary alicyclic amines) is 1. The van der Waals surface area contributed by atoms with Crippen molar-refractivity contribution in [1.29, 1.82) is 0 Å². The molecule has 0 bridgehead atoms. The molecule has 0 aromatic heterocycles. The molecular weight excluding hydrogens is 398 g/mol. The lowest BCUT2D eigenvalue weighted by atomic mass is 9.83. The highest BCUT2D eigenvalue weighted by molar-refractivity contribution is 5.85. The third-order valence-corrected chi connectivity index (χ3v) is 7.53. The van der Waals surface area contributed by atoms with Crippen LogP contribution in [0, 0.1) is 11.8 Å². The van der Waals surface area contributed by atoms with Gasteiger partial charge in [-0.05, 0) is 49.1 Å². The van der Waals surface area contributed by atoms with Crippen LogP contribution in [0.3, 0.4) is 0 Å². The van der Waals surface area contributed by atoms with Gasteiger partial charge in [0, 0.05) is 30.7 Å². The Labute approximate surface area is 189 Å². The summed E-state index contributed by atoms with van der Waals surface area (Å²) in [6.45, 7) is 0.874. The molecule has 2 N–H and O–H groups in total. The van der Waals surface area contributed by atoms with Crippen molar-refractivity contribution in [2.24, 2.45) is 11.8 Å². The average molecular weight is 428 g/mol. The molecule has 0 radical (unpaired) electrons. The van der Waals surface area contributed by atoms with Gasteiger partial charge in [-0.1, -0.05) is 54.6 Å².